The van der Waals surface area contributed by atoms with Crippen LogP contribution in [0.4, 0.5) is 5.69 Å². The number of aryl methyl sites for hydroxylation is 2. The van der Waals surface area contributed by atoms with Gasteiger partial charge >= 0.3 is 0 Å². The van der Waals surface area contributed by atoms with E-state index in [1.54, 1.807) is 18.2 Å². The Morgan fingerprint density at radius 3 is 2.41 bits per heavy atom. The summed E-state index contributed by atoms with van der Waals surface area (Å²) in [6, 6.07) is 15.0. The number of hydrogen-bond acceptors (Lipinski definition) is 4. The van der Waals surface area contributed by atoms with E-state index in [2.05, 4.69) is 5.32 Å². The van der Waals surface area contributed by atoms with Gasteiger partial charge in [0.05, 0.1) is 18.0 Å². The molecule has 0 aromatic heterocycles. The Kier molecular flexibility index (Phi) is 8.08. The quantitative estimate of drug-likeness (QED) is 0.601. The number of benzene rings is 2. The van der Waals surface area contributed by atoms with E-state index in [1.165, 1.54) is 0 Å². The number of ether oxygens (including phenoxy) is 1. The Morgan fingerprint density at radius 1 is 1.14 bits per heavy atom. The summed E-state index contributed by atoms with van der Waals surface area (Å²) in [5.41, 5.74) is 2.58. The number of carbonyl (C=O) groups is 1. The van der Waals surface area contributed by atoms with Gasteiger partial charge in [-0.1, -0.05) is 24.3 Å². The number of carbonyl (C=O) groups excluding carboxylic acids is 1. The van der Waals surface area contributed by atoms with E-state index in [0.29, 0.717) is 12.2 Å². The number of amides is 1. The van der Waals surface area contributed by atoms with E-state index in [9.17, 15) is 13.2 Å². The fourth-order valence-electron chi connectivity index (χ4n) is 2.90. The predicted octanol–water partition coefficient (Wildman–Crippen LogP) is 3.30. The van der Waals surface area contributed by atoms with Crippen LogP contribution in [0.5, 0.6) is 5.75 Å². The number of hydrogen-bond donors (Lipinski definition) is 1. The zero-order chi connectivity index (χ0) is 21.4. The first-order valence-electron chi connectivity index (χ1n) is 9.72. The van der Waals surface area contributed by atoms with Gasteiger partial charge in [0, 0.05) is 6.54 Å². The smallest absolute Gasteiger partial charge is 0.240 e. The van der Waals surface area contributed by atoms with Gasteiger partial charge in [-0.05, 0) is 69.0 Å². The molecule has 2 aromatic rings. The standard InChI is InChI=1S/C22H30N2O4S/c1-17(2)28-21-12-10-19(11-13-21)8-6-14-23-22(25)16-24(29(4,26)27)20-9-5-7-18(3)15-20/h5,7,9-13,15,17H,6,8,14,16H2,1-4H3,(H,23,25). The van der Waals surface area contributed by atoms with E-state index >= 15 is 0 Å². The SMILES string of the molecule is Cc1cccc(N(CC(=O)NCCCc2ccc(OC(C)C)cc2)S(C)(=O)=O)c1. The number of anilines is 1. The number of nitrogens with one attached hydrogen (secondary N) is 1. The van der Waals surface area contributed by atoms with Gasteiger partial charge in [-0.25, -0.2) is 8.42 Å². The van der Waals surface area contributed by atoms with Crippen LogP contribution in [0.3, 0.4) is 0 Å². The van der Waals surface area contributed by atoms with Crippen LogP contribution >= 0.6 is 0 Å². The fourth-order valence-corrected chi connectivity index (χ4v) is 3.74. The van der Waals surface area contributed by atoms with Crippen LogP contribution in [0.2, 0.25) is 0 Å². The van der Waals surface area contributed by atoms with Gasteiger partial charge in [0.25, 0.3) is 0 Å². The van der Waals surface area contributed by atoms with E-state index in [-0.39, 0.29) is 18.6 Å². The lowest BCUT2D eigenvalue weighted by molar-refractivity contribution is -0.119. The van der Waals surface area contributed by atoms with Crippen LogP contribution in [-0.2, 0) is 21.2 Å². The van der Waals surface area contributed by atoms with Crippen molar-refractivity contribution in [1.29, 1.82) is 0 Å². The monoisotopic (exact) mass is 418 g/mol. The molecule has 0 atom stereocenters. The highest BCUT2D eigenvalue weighted by molar-refractivity contribution is 7.92. The third-order valence-corrected chi connectivity index (χ3v) is 5.38. The molecule has 0 spiro atoms. The molecule has 158 valence electrons. The van der Waals surface area contributed by atoms with E-state index in [1.807, 2.05) is 51.1 Å². The topological polar surface area (TPSA) is 75.7 Å². The van der Waals surface area contributed by atoms with Gasteiger partial charge in [0.15, 0.2) is 0 Å². The molecule has 0 aliphatic rings. The number of sulfonamides is 1. The molecule has 0 saturated heterocycles. The minimum Gasteiger partial charge on any atom is -0.491 e. The predicted molar refractivity (Wildman–Crippen MR) is 117 cm³/mol. The van der Waals surface area contributed by atoms with Crippen LogP contribution in [0.1, 0.15) is 31.4 Å². The van der Waals surface area contributed by atoms with Crippen LogP contribution in [0.25, 0.3) is 0 Å². The first kappa shape index (κ1) is 22.7. The summed E-state index contributed by atoms with van der Waals surface area (Å²) in [7, 11) is -3.56. The van der Waals surface area contributed by atoms with Crippen molar-refractivity contribution in [3.63, 3.8) is 0 Å². The van der Waals surface area contributed by atoms with Crippen LogP contribution in [-0.4, -0.2) is 39.8 Å². The molecule has 1 amide bonds. The Bertz CT molecular complexity index is 909. The first-order chi connectivity index (χ1) is 13.6. The second kappa shape index (κ2) is 10.3. The van der Waals surface area contributed by atoms with Crippen molar-refractivity contribution in [2.24, 2.45) is 0 Å². The third kappa shape index (κ3) is 7.77. The van der Waals surface area contributed by atoms with Crippen molar-refractivity contribution in [1.82, 2.24) is 5.32 Å². The molecule has 0 aliphatic heterocycles. The largest absolute Gasteiger partial charge is 0.491 e. The summed E-state index contributed by atoms with van der Waals surface area (Å²) in [6.45, 7) is 6.10. The average Bonchev–Trinajstić information content (AvgIpc) is 2.63. The summed E-state index contributed by atoms with van der Waals surface area (Å²) < 4.78 is 31.0. The molecule has 0 aliphatic carbocycles. The van der Waals surface area contributed by atoms with E-state index < -0.39 is 10.0 Å². The first-order valence-corrected chi connectivity index (χ1v) is 11.6. The zero-order valence-corrected chi connectivity index (χ0v) is 18.3. The van der Waals surface area contributed by atoms with E-state index in [4.69, 9.17) is 4.74 Å². The fraction of sp³-hybridized carbons (Fsp3) is 0.409. The molecule has 1 N–H and O–H groups in total. The molecule has 0 unspecified atom stereocenters. The maximum Gasteiger partial charge on any atom is 0.240 e. The zero-order valence-electron chi connectivity index (χ0n) is 17.5. The highest BCUT2D eigenvalue weighted by Crippen LogP contribution is 2.18. The summed E-state index contributed by atoms with van der Waals surface area (Å²) in [4.78, 5) is 12.3. The van der Waals surface area contributed by atoms with Crippen molar-refractivity contribution in [3.05, 3.63) is 59.7 Å². The van der Waals surface area contributed by atoms with Gasteiger partial charge in [-0.15, -0.1) is 0 Å². The normalized spacial score (nSPS) is 11.3. The summed E-state index contributed by atoms with van der Waals surface area (Å²) in [5.74, 6) is 0.520. The molecule has 0 bridgehead atoms. The van der Waals surface area contributed by atoms with Crippen LogP contribution in [0.15, 0.2) is 48.5 Å². The Morgan fingerprint density at radius 2 is 1.83 bits per heavy atom. The molecule has 2 rings (SSSR count). The molecule has 29 heavy (non-hydrogen) atoms. The Labute approximate surface area is 173 Å². The van der Waals surface area contributed by atoms with Gasteiger partial charge in [-0.2, -0.15) is 0 Å². The van der Waals surface area contributed by atoms with Gasteiger partial charge in [0.2, 0.25) is 15.9 Å². The van der Waals surface area contributed by atoms with Gasteiger partial charge < -0.3 is 10.1 Å². The second-order valence-corrected chi connectivity index (χ2v) is 9.28. The van der Waals surface area contributed by atoms with Crippen molar-refractivity contribution < 1.29 is 17.9 Å². The van der Waals surface area contributed by atoms with Crippen LogP contribution < -0.4 is 14.4 Å². The minimum absolute atomic E-state index is 0.141. The lowest BCUT2D eigenvalue weighted by Gasteiger charge is -2.22. The lowest BCUT2D eigenvalue weighted by Crippen LogP contribution is -2.40. The van der Waals surface area contributed by atoms with Crippen molar-refractivity contribution in [2.45, 2.75) is 39.7 Å². The maximum absolute atomic E-state index is 12.3. The maximum atomic E-state index is 12.3. The number of rotatable bonds is 10. The Balaban J connectivity index is 1.83. The third-order valence-electron chi connectivity index (χ3n) is 4.24. The average molecular weight is 419 g/mol. The second-order valence-electron chi connectivity index (χ2n) is 7.37. The van der Waals surface area contributed by atoms with Crippen molar-refractivity contribution >= 4 is 21.6 Å². The highest BCUT2D eigenvalue weighted by Gasteiger charge is 2.20. The van der Waals surface area contributed by atoms with E-state index in [0.717, 1.165) is 40.3 Å². The van der Waals surface area contributed by atoms with Gasteiger partial charge in [-0.3, -0.25) is 9.10 Å². The van der Waals surface area contributed by atoms with Crippen molar-refractivity contribution in [2.75, 3.05) is 23.7 Å². The molecular weight excluding hydrogens is 388 g/mol. The molecule has 2 aromatic carbocycles. The molecular formula is C22H30N2O4S. The summed E-state index contributed by atoms with van der Waals surface area (Å²) in [6.07, 6.45) is 2.83. The van der Waals surface area contributed by atoms with Gasteiger partial charge in [0.1, 0.15) is 12.3 Å². The Hall–Kier alpha value is -2.54. The molecule has 0 radical (unpaired) electrons. The summed E-state index contributed by atoms with van der Waals surface area (Å²) >= 11 is 0. The molecule has 0 heterocycles. The molecule has 0 saturated carbocycles. The molecule has 6 nitrogen and oxygen atoms in total. The molecule has 0 fully saturated rings. The number of nitrogens with zero attached hydrogens (tertiary/aromatic N) is 1. The van der Waals surface area contributed by atoms with Crippen molar-refractivity contribution in [3.8, 4) is 5.75 Å². The lowest BCUT2D eigenvalue weighted by atomic mass is 10.1. The summed E-state index contributed by atoms with van der Waals surface area (Å²) in [5, 5.41) is 2.81. The minimum atomic E-state index is -3.56. The molecule has 7 heteroatoms. The van der Waals surface area contributed by atoms with Crippen LogP contribution in [0, 0.1) is 6.92 Å². The highest BCUT2D eigenvalue weighted by atomic mass is 32.2.